The van der Waals surface area contributed by atoms with Crippen molar-refractivity contribution in [1.82, 2.24) is 15.1 Å². The average molecular weight is 472 g/mol. The van der Waals surface area contributed by atoms with Crippen LogP contribution in [0.4, 0.5) is 5.69 Å². The summed E-state index contributed by atoms with van der Waals surface area (Å²) < 4.78 is 0. The van der Waals surface area contributed by atoms with E-state index in [4.69, 9.17) is 10.8 Å². The Labute approximate surface area is 198 Å². The molecule has 10 heteroatoms. The van der Waals surface area contributed by atoms with Gasteiger partial charge in [-0.1, -0.05) is 0 Å². The van der Waals surface area contributed by atoms with Gasteiger partial charge in [-0.15, -0.1) is 0 Å². The van der Waals surface area contributed by atoms with Crippen LogP contribution in [0.2, 0.25) is 0 Å². The van der Waals surface area contributed by atoms with E-state index >= 15 is 0 Å². The third-order valence-electron chi connectivity index (χ3n) is 7.38. The summed E-state index contributed by atoms with van der Waals surface area (Å²) in [6, 6.07) is 5.24. The quantitative estimate of drug-likeness (QED) is 0.472. The van der Waals surface area contributed by atoms with Crippen LogP contribution in [0.15, 0.2) is 24.3 Å². The number of carbonyl (C=O) groups excluding carboxylic acids is 3. The van der Waals surface area contributed by atoms with Crippen LogP contribution in [0.3, 0.4) is 0 Å². The van der Waals surface area contributed by atoms with Gasteiger partial charge in [0.1, 0.15) is 6.04 Å². The number of anilines is 1. The third-order valence-corrected chi connectivity index (χ3v) is 7.38. The second-order valence-corrected chi connectivity index (χ2v) is 9.54. The smallest absolute Gasteiger partial charge is 0.335 e. The molecule has 3 amide bonds. The molecule has 2 heterocycles. The minimum Gasteiger partial charge on any atom is -0.478 e. The summed E-state index contributed by atoms with van der Waals surface area (Å²) in [4.78, 5) is 53.6. The molecule has 1 aromatic rings. The number of hydrogen-bond donors (Lipinski definition) is 4. The Balaban J connectivity index is 1.48. The Morgan fingerprint density at radius 2 is 1.82 bits per heavy atom. The van der Waals surface area contributed by atoms with Crippen molar-refractivity contribution in [1.29, 1.82) is 0 Å². The lowest BCUT2D eigenvalue weighted by Gasteiger charge is -2.33. The summed E-state index contributed by atoms with van der Waals surface area (Å²) in [6.45, 7) is 2.55. The molecule has 3 fully saturated rings. The van der Waals surface area contributed by atoms with Crippen molar-refractivity contribution in [3.8, 4) is 0 Å². The zero-order chi connectivity index (χ0) is 24.2. The number of piperazine rings is 1. The van der Waals surface area contributed by atoms with E-state index in [1.54, 1.807) is 17.0 Å². The molecule has 4 rings (SSSR count). The third kappa shape index (κ3) is 5.39. The minimum atomic E-state index is -1.04. The molecule has 0 bridgehead atoms. The highest BCUT2D eigenvalue weighted by Gasteiger charge is 2.44. The van der Waals surface area contributed by atoms with Gasteiger partial charge in [0.25, 0.3) is 0 Å². The first-order valence-corrected chi connectivity index (χ1v) is 12.0. The number of carboxylic acid groups (broad SMARTS) is 1. The van der Waals surface area contributed by atoms with Gasteiger partial charge in [0, 0.05) is 37.3 Å². The number of nitrogens with two attached hydrogens (primary N) is 1. The molecule has 1 saturated carbocycles. The number of nitrogens with zero attached hydrogens (tertiary/aromatic N) is 2. The van der Waals surface area contributed by atoms with Crippen LogP contribution >= 0.6 is 0 Å². The molecule has 34 heavy (non-hydrogen) atoms. The zero-order valence-electron chi connectivity index (χ0n) is 19.2. The molecule has 10 nitrogen and oxygen atoms in total. The van der Waals surface area contributed by atoms with Crippen molar-refractivity contribution in [3.63, 3.8) is 0 Å². The van der Waals surface area contributed by atoms with Gasteiger partial charge in [-0.05, 0) is 68.8 Å². The summed E-state index contributed by atoms with van der Waals surface area (Å²) >= 11 is 0. The number of likely N-dealkylation sites (tertiary alicyclic amines) is 1. The van der Waals surface area contributed by atoms with Gasteiger partial charge in [0.05, 0.1) is 12.1 Å². The fourth-order valence-corrected chi connectivity index (χ4v) is 5.34. The normalized spacial score (nSPS) is 27.8. The highest BCUT2D eigenvalue weighted by atomic mass is 16.4. The number of nitrogens with one attached hydrogen (secondary N) is 2. The van der Waals surface area contributed by atoms with E-state index in [1.807, 2.05) is 0 Å². The lowest BCUT2D eigenvalue weighted by molar-refractivity contribution is -0.141. The molecule has 0 radical (unpaired) electrons. The maximum atomic E-state index is 13.5. The lowest BCUT2D eigenvalue weighted by atomic mass is 9.81. The number of benzene rings is 1. The SMILES string of the molecule is NCC1CCC(C(=O)N2C[C@@H](N3CCNC(=O)C3)C[C@H]2C(=O)Nc2ccc(C(=O)O)cc2)CC1. The Hall–Kier alpha value is -2.98. The predicted octanol–water partition coefficient (Wildman–Crippen LogP) is 0.490. The van der Waals surface area contributed by atoms with Crippen molar-refractivity contribution in [2.75, 3.05) is 38.0 Å². The highest BCUT2D eigenvalue weighted by Crippen LogP contribution is 2.33. The van der Waals surface area contributed by atoms with Crippen LogP contribution in [-0.2, 0) is 14.4 Å². The van der Waals surface area contributed by atoms with Gasteiger partial charge >= 0.3 is 5.97 Å². The number of hydrogen-bond acceptors (Lipinski definition) is 6. The summed E-state index contributed by atoms with van der Waals surface area (Å²) in [5.41, 5.74) is 6.41. The molecule has 0 aromatic heterocycles. The summed E-state index contributed by atoms with van der Waals surface area (Å²) in [5, 5.41) is 14.7. The number of carbonyl (C=O) groups is 4. The second kappa shape index (κ2) is 10.5. The van der Waals surface area contributed by atoms with Crippen LogP contribution in [-0.4, -0.2) is 83.4 Å². The van der Waals surface area contributed by atoms with Crippen LogP contribution < -0.4 is 16.4 Å². The Bertz CT molecular complexity index is 928. The van der Waals surface area contributed by atoms with Crippen LogP contribution in [0.5, 0.6) is 0 Å². The largest absolute Gasteiger partial charge is 0.478 e. The van der Waals surface area contributed by atoms with E-state index in [9.17, 15) is 19.2 Å². The molecule has 2 aliphatic heterocycles. The van der Waals surface area contributed by atoms with Crippen molar-refractivity contribution in [3.05, 3.63) is 29.8 Å². The van der Waals surface area contributed by atoms with Crippen molar-refractivity contribution in [2.24, 2.45) is 17.6 Å². The van der Waals surface area contributed by atoms with Gasteiger partial charge in [-0.3, -0.25) is 19.3 Å². The Morgan fingerprint density at radius 1 is 1.12 bits per heavy atom. The zero-order valence-corrected chi connectivity index (χ0v) is 19.2. The van der Waals surface area contributed by atoms with E-state index in [2.05, 4.69) is 15.5 Å². The number of carboxylic acids is 1. The monoisotopic (exact) mass is 471 g/mol. The first-order chi connectivity index (χ1) is 16.4. The van der Waals surface area contributed by atoms with Crippen LogP contribution in [0.1, 0.15) is 42.5 Å². The Kier molecular flexibility index (Phi) is 7.47. The van der Waals surface area contributed by atoms with Gasteiger partial charge in [0.15, 0.2) is 0 Å². The van der Waals surface area contributed by atoms with E-state index in [0.29, 0.717) is 44.2 Å². The summed E-state index contributed by atoms with van der Waals surface area (Å²) in [7, 11) is 0. The first-order valence-electron chi connectivity index (χ1n) is 12.0. The van der Waals surface area contributed by atoms with E-state index in [1.165, 1.54) is 12.1 Å². The molecule has 5 N–H and O–H groups in total. The summed E-state index contributed by atoms with van der Waals surface area (Å²) in [5.74, 6) is -1.04. The van der Waals surface area contributed by atoms with Crippen molar-refractivity contribution in [2.45, 2.75) is 44.2 Å². The molecular weight excluding hydrogens is 438 g/mol. The van der Waals surface area contributed by atoms with Gasteiger partial charge in [0.2, 0.25) is 17.7 Å². The maximum absolute atomic E-state index is 13.5. The standard InChI is InChI=1S/C24H33N5O5/c25-12-15-1-3-16(4-2-15)23(32)29-13-19(28-10-9-26-21(30)14-28)11-20(29)22(31)27-18-7-5-17(6-8-18)24(33)34/h5-8,15-16,19-20H,1-4,9-14,25H2,(H,26,30)(H,27,31)(H,33,34)/t15?,16?,19-,20-/m0/s1. The van der Waals surface area contributed by atoms with Gasteiger partial charge < -0.3 is 26.4 Å². The fourth-order valence-electron chi connectivity index (χ4n) is 5.34. The second-order valence-electron chi connectivity index (χ2n) is 9.54. The van der Waals surface area contributed by atoms with Gasteiger partial charge in [-0.2, -0.15) is 0 Å². The molecule has 2 atom stereocenters. The fraction of sp³-hybridized carbons (Fsp3) is 0.583. The molecule has 3 aliphatic rings. The maximum Gasteiger partial charge on any atom is 0.335 e. The lowest BCUT2D eigenvalue weighted by Crippen LogP contribution is -2.52. The molecule has 184 valence electrons. The van der Waals surface area contributed by atoms with Gasteiger partial charge in [-0.25, -0.2) is 4.79 Å². The molecular formula is C24H33N5O5. The van der Waals surface area contributed by atoms with E-state index < -0.39 is 12.0 Å². The predicted molar refractivity (Wildman–Crippen MR) is 125 cm³/mol. The van der Waals surface area contributed by atoms with Crippen molar-refractivity contribution < 1.29 is 24.3 Å². The average Bonchev–Trinajstić information content (AvgIpc) is 3.30. The molecule has 0 spiro atoms. The van der Waals surface area contributed by atoms with E-state index in [0.717, 1.165) is 25.7 Å². The highest BCUT2D eigenvalue weighted by molar-refractivity contribution is 5.98. The molecule has 2 saturated heterocycles. The number of aromatic carboxylic acids is 1. The van der Waals surface area contributed by atoms with E-state index in [-0.39, 0.29) is 41.8 Å². The molecule has 0 unspecified atom stereocenters. The summed E-state index contributed by atoms with van der Waals surface area (Å²) in [6.07, 6.45) is 3.85. The number of rotatable bonds is 6. The minimum absolute atomic E-state index is 0.000748. The number of amides is 3. The molecule has 1 aromatic carbocycles. The van der Waals surface area contributed by atoms with Crippen molar-refractivity contribution >= 4 is 29.4 Å². The molecule has 1 aliphatic carbocycles. The first kappa shape index (κ1) is 24.2. The van der Waals surface area contributed by atoms with Crippen LogP contribution in [0, 0.1) is 11.8 Å². The topological polar surface area (TPSA) is 145 Å². The van der Waals surface area contributed by atoms with Crippen LogP contribution in [0.25, 0.3) is 0 Å². The Morgan fingerprint density at radius 3 is 2.44 bits per heavy atom.